The number of methoxy groups -OCH3 is 2. The van der Waals surface area contributed by atoms with Crippen LogP contribution in [0.2, 0.25) is 0 Å². The highest BCUT2D eigenvalue weighted by molar-refractivity contribution is 4.68. The van der Waals surface area contributed by atoms with Crippen molar-refractivity contribution >= 4 is 0 Å². The van der Waals surface area contributed by atoms with Gasteiger partial charge in [-0.25, -0.2) is 0 Å². The minimum Gasteiger partial charge on any atom is -0.393 e. The van der Waals surface area contributed by atoms with Crippen molar-refractivity contribution in [3.05, 3.63) is 0 Å². The van der Waals surface area contributed by atoms with Crippen molar-refractivity contribution in [2.45, 2.75) is 96.0 Å². The molecular formula is C17H37NO3. The van der Waals surface area contributed by atoms with Crippen molar-refractivity contribution in [1.29, 1.82) is 0 Å². The molecule has 2 unspecified atom stereocenters. The van der Waals surface area contributed by atoms with Crippen LogP contribution in [0.3, 0.4) is 0 Å². The van der Waals surface area contributed by atoms with E-state index in [1.165, 1.54) is 38.5 Å². The van der Waals surface area contributed by atoms with Crippen LogP contribution in [0, 0.1) is 0 Å². The SMILES string of the molecule is CCCCCCCCCC(O)CC(N)CCC(OC)OC. The Morgan fingerprint density at radius 1 is 0.857 bits per heavy atom. The second kappa shape index (κ2) is 14.8. The molecule has 2 atom stereocenters. The number of aliphatic hydroxyl groups is 1. The lowest BCUT2D eigenvalue weighted by molar-refractivity contribution is -0.107. The van der Waals surface area contributed by atoms with Crippen LogP contribution in [0.15, 0.2) is 0 Å². The normalized spacial score (nSPS) is 14.6. The first-order valence-corrected chi connectivity index (χ1v) is 8.63. The molecule has 0 aromatic carbocycles. The number of unbranched alkanes of at least 4 members (excludes halogenated alkanes) is 6. The van der Waals surface area contributed by atoms with E-state index in [9.17, 15) is 5.11 Å². The standard InChI is InChI=1S/C17H37NO3/c1-4-5-6-7-8-9-10-11-16(19)14-15(18)12-13-17(20-2)21-3/h15-17,19H,4-14,18H2,1-3H3. The summed E-state index contributed by atoms with van der Waals surface area (Å²) in [7, 11) is 3.27. The topological polar surface area (TPSA) is 64.7 Å². The molecule has 0 radical (unpaired) electrons. The van der Waals surface area contributed by atoms with E-state index in [-0.39, 0.29) is 18.4 Å². The van der Waals surface area contributed by atoms with Gasteiger partial charge in [-0.2, -0.15) is 0 Å². The number of hydrogen-bond donors (Lipinski definition) is 2. The smallest absolute Gasteiger partial charge is 0.156 e. The fourth-order valence-corrected chi connectivity index (χ4v) is 2.60. The summed E-state index contributed by atoms with van der Waals surface area (Å²) in [4.78, 5) is 0. The summed E-state index contributed by atoms with van der Waals surface area (Å²) in [6.45, 7) is 2.24. The highest BCUT2D eigenvalue weighted by atomic mass is 16.7. The van der Waals surface area contributed by atoms with Crippen molar-refractivity contribution < 1.29 is 14.6 Å². The first-order valence-electron chi connectivity index (χ1n) is 8.63. The van der Waals surface area contributed by atoms with Gasteiger partial charge >= 0.3 is 0 Å². The van der Waals surface area contributed by atoms with Gasteiger partial charge in [-0.1, -0.05) is 51.9 Å². The van der Waals surface area contributed by atoms with E-state index in [1.54, 1.807) is 14.2 Å². The molecular weight excluding hydrogens is 266 g/mol. The zero-order valence-electron chi connectivity index (χ0n) is 14.4. The first-order chi connectivity index (χ1) is 10.1. The van der Waals surface area contributed by atoms with E-state index in [2.05, 4.69) is 6.92 Å². The maximum atomic E-state index is 10.00. The number of hydrogen-bond acceptors (Lipinski definition) is 4. The molecule has 0 amide bonds. The Hall–Kier alpha value is -0.160. The zero-order valence-corrected chi connectivity index (χ0v) is 14.4. The number of nitrogens with two attached hydrogens (primary N) is 1. The van der Waals surface area contributed by atoms with Gasteiger partial charge < -0.3 is 20.3 Å². The van der Waals surface area contributed by atoms with Crippen LogP contribution in [-0.4, -0.2) is 37.8 Å². The Kier molecular flexibility index (Phi) is 14.7. The second-order valence-electron chi connectivity index (χ2n) is 6.04. The number of rotatable bonds is 15. The summed E-state index contributed by atoms with van der Waals surface area (Å²) in [5.74, 6) is 0. The Balaban J connectivity index is 3.48. The van der Waals surface area contributed by atoms with Crippen LogP contribution in [-0.2, 0) is 9.47 Å². The molecule has 4 nitrogen and oxygen atoms in total. The Morgan fingerprint density at radius 2 is 1.43 bits per heavy atom. The van der Waals surface area contributed by atoms with E-state index in [0.717, 1.165) is 25.7 Å². The molecule has 0 saturated heterocycles. The molecule has 0 aliphatic rings. The largest absolute Gasteiger partial charge is 0.393 e. The van der Waals surface area contributed by atoms with Crippen LogP contribution in [0.4, 0.5) is 0 Å². The van der Waals surface area contributed by atoms with E-state index in [4.69, 9.17) is 15.2 Å². The minimum absolute atomic E-state index is 0.0253. The lowest BCUT2D eigenvalue weighted by Crippen LogP contribution is -2.28. The van der Waals surface area contributed by atoms with Crippen molar-refractivity contribution in [2.24, 2.45) is 5.73 Å². The van der Waals surface area contributed by atoms with Crippen LogP contribution in [0.25, 0.3) is 0 Å². The third-order valence-corrected chi connectivity index (χ3v) is 4.01. The van der Waals surface area contributed by atoms with Gasteiger partial charge in [-0.3, -0.25) is 0 Å². The third-order valence-electron chi connectivity index (χ3n) is 4.01. The average Bonchev–Trinajstić information content (AvgIpc) is 2.47. The molecule has 0 spiro atoms. The Morgan fingerprint density at radius 3 is 2.00 bits per heavy atom. The van der Waals surface area contributed by atoms with Crippen molar-refractivity contribution in [2.75, 3.05) is 14.2 Å². The molecule has 3 N–H and O–H groups in total. The molecule has 0 heterocycles. The highest BCUT2D eigenvalue weighted by Crippen LogP contribution is 2.14. The second-order valence-corrected chi connectivity index (χ2v) is 6.04. The molecule has 0 aromatic heterocycles. The molecule has 0 aromatic rings. The highest BCUT2D eigenvalue weighted by Gasteiger charge is 2.13. The summed E-state index contributed by atoms with van der Waals surface area (Å²) < 4.78 is 10.3. The van der Waals surface area contributed by atoms with Gasteiger partial charge in [0.05, 0.1) is 6.10 Å². The monoisotopic (exact) mass is 303 g/mol. The summed E-state index contributed by atoms with van der Waals surface area (Å²) >= 11 is 0. The quantitative estimate of drug-likeness (QED) is 0.358. The Labute approximate surface area is 131 Å². The predicted molar refractivity (Wildman–Crippen MR) is 88.2 cm³/mol. The lowest BCUT2D eigenvalue weighted by Gasteiger charge is -2.19. The molecule has 0 aliphatic heterocycles. The van der Waals surface area contributed by atoms with Crippen molar-refractivity contribution in [3.8, 4) is 0 Å². The molecule has 4 heteroatoms. The van der Waals surface area contributed by atoms with Gasteiger partial charge in [0.25, 0.3) is 0 Å². The minimum atomic E-state index is -0.265. The van der Waals surface area contributed by atoms with Gasteiger partial charge in [-0.15, -0.1) is 0 Å². The summed E-state index contributed by atoms with van der Waals surface area (Å²) in [6.07, 6.45) is 11.7. The van der Waals surface area contributed by atoms with Crippen molar-refractivity contribution in [1.82, 2.24) is 0 Å². The number of ether oxygens (including phenoxy) is 2. The summed E-state index contributed by atoms with van der Waals surface area (Å²) in [6, 6.07) is 0.0253. The summed E-state index contributed by atoms with van der Waals surface area (Å²) in [5, 5.41) is 10.00. The average molecular weight is 303 g/mol. The molecule has 128 valence electrons. The lowest BCUT2D eigenvalue weighted by atomic mass is 10.00. The van der Waals surface area contributed by atoms with Gasteiger partial charge in [-0.05, 0) is 25.7 Å². The molecule has 21 heavy (non-hydrogen) atoms. The fourth-order valence-electron chi connectivity index (χ4n) is 2.60. The van der Waals surface area contributed by atoms with Crippen LogP contribution in [0.5, 0.6) is 0 Å². The van der Waals surface area contributed by atoms with Gasteiger partial charge in [0.2, 0.25) is 0 Å². The van der Waals surface area contributed by atoms with E-state index in [1.807, 2.05) is 0 Å². The van der Waals surface area contributed by atoms with Crippen LogP contribution in [0.1, 0.15) is 77.6 Å². The van der Waals surface area contributed by atoms with Gasteiger partial charge in [0.1, 0.15) is 0 Å². The zero-order chi connectivity index (χ0) is 15.9. The van der Waals surface area contributed by atoms with Gasteiger partial charge in [0, 0.05) is 20.3 Å². The predicted octanol–water partition coefficient (Wildman–Crippen LogP) is 3.60. The first kappa shape index (κ1) is 20.8. The van der Waals surface area contributed by atoms with Crippen molar-refractivity contribution in [3.63, 3.8) is 0 Å². The summed E-state index contributed by atoms with van der Waals surface area (Å²) in [5.41, 5.74) is 6.05. The number of aliphatic hydroxyl groups excluding tert-OH is 1. The van der Waals surface area contributed by atoms with Crippen LogP contribution >= 0.6 is 0 Å². The maximum absolute atomic E-state index is 10.00. The van der Waals surface area contributed by atoms with E-state index >= 15 is 0 Å². The van der Waals surface area contributed by atoms with Crippen LogP contribution < -0.4 is 5.73 Å². The maximum Gasteiger partial charge on any atom is 0.156 e. The molecule has 0 saturated carbocycles. The fraction of sp³-hybridized carbons (Fsp3) is 1.00. The van der Waals surface area contributed by atoms with E-state index in [0.29, 0.717) is 6.42 Å². The molecule has 0 rings (SSSR count). The molecule has 0 aliphatic carbocycles. The van der Waals surface area contributed by atoms with E-state index < -0.39 is 0 Å². The Bertz CT molecular complexity index is 210. The third kappa shape index (κ3) is 13.2. The van der Waals surface area contributed by atoms with Gasteiger partial charge in [0.15, 0.2) is 6.29 Å². The molecule has 0 fully saturated rings. The molecule has 0 bridgehead atoms.